The maximum atomic E-state index is 5.80. The first-order valence-electron chi connectivity index (χ1n) is 6.73. The lowest BCUT2D eigenvalue weighted by atomic mass is 9.83. The van der Waals surface area contributed by atoms with Gasteiger partial charge >= 0.3 is 0 Å². The van der Waals surface area contributed by atoms with E-state index < -0.39 is 0 Å². The van der Waals surface area contributed by atoms with Gasteiger partial charge in [-0.1, -0.05) is 39.0 Å². The zero-order chi connectivity index (χ0) is 13.9. The summed E-state index contributed by atoms with van der Waals surface area (Å²) in [5.74, 6) is 1.50. The van der Waals surface area contributed by atoms with Gasteiger partial charge in [-0.15, -0.1) is 0 Å². The van der Waals surface area contributed by atoms with Crippen LogP contribution in [0.1, 0.15) is 38.3 Å². The zero-order valence-electron chi connectivity index (χ0n) is 12.1. The summed E-state index contributed by atoms with van der Waals surface area (Å²) in [6.45, 7) is 8.71. The molecule has 0 aliphatic rings. The standard InChI is InChI=1S/C17H21NO/c1-5-17(3,4)14-11-13(2)16(18-12-14)19-15-9-7-6-8-10-15/h6-12H,5H2,1-4H3. The second-order valence-corrected chi connectivity index (χ2v) is 5.50. The van der Waals surface area contributed by atoms with Crippen LogP contribution in [0.2, 0.25) is 0 Å². The number of hydrogen-bond donors (Lipinski definition) is 0. The number of aromatic nitrogens is 1. The first-order valence-corrected chi connectivity index (χ1v) is 6.73. The van der Waals surface area contributed by atoms with Crippen LogP contribution in [0.25, 0.3) is 0 Å². The molecule has 2 nitrogen and oxygen atoms in total. The molecule has 1 heterocycles. The molecular weight excluding hydrogens is 234 g/mol. The third-order valence-electron chi connectivity index (χ3n) is 3.65. The summed E-state index contributed by atoms with van der Waals surface area (Å²) in [5, 5.41) is 0. The number of nitrogens with zero attached hydrogens (tertiary/aromatic N) is 1. The van der Waals surface area contributed by atoms with E-state index in [0.717, 1.165) is 17.7 Å². The topological polar surface area (TPSA) is 22.1 Å². The first kappa shape index (κ1) is 13.6. The highest BCUT2D eigenvalue weighted by Crippen LogP contribution is 2.30. The Labute approximate surface area is 115 Å². The molecule has 0 unspecified atom stereocenters. The molecule has 0 spiro atoms. The van der Waals surface area contributed by atoms with E-state index in [1.165, 1.54) is 5.56 Å². The van der Waals surface area contributed by atoms with Crippen LogP contribution in [0.3, 0.4) is 0 Å². The number of ether oxygens (including phenoxy) is 1. The lowest BCUT2D eigenvalue weighted by Gasteiger charge is -2.23. The molecule has 1 aromatic heterocycles. The lowest BCUT2D eigenvalue weighted by Crippen LogP contribution is -2.16. The van der Waals surface area contributed by atoms with E-state index in [2.05, 4.69) is 31.8 Å². The largest absolute Gasteiger partial charge is 0.439 e. The van der Waals surface area contributed by atoms with Gasteiger partial charge in [0.1, 0.15) is 5.75 Å². The van der Waals surface area contributed by atoms with Crippen molar-refractivity contribution in [3.05, 3.63) is 53.7 Å². The minimum Gasteiger partial charge on any atom is -0.439 e. The van der Waals surface area contributed by atoms with E-state index in [0.29, 0.717) is 5.88 Å². The number of rotatable bonds is 4. The minimum atomic E-state index is 0.156. The van der Waals surface area contributed by atoms with Crippen molar-refractivity contribution in [2.45, 2.75) is 39.5 Å². The maximum absolute atomic E-state index is 5.80. The lowest BCUT2D eigenvalue weighted by molar-refractivity contribution is 0.453. The van der Waals surface area contributed by atoms with Crippen LogP contribution in [-0.2, 0) is 5.41 Å². The highest BCUT2D eigenvalue weighted by molar-refractivity contribution is 5.35. The third-order valence-corrected chi connectivity index (χ3v) is 3.65. The van der Waals surface area contributed by atoms with Gasteiger partial charge in [0.2, 0.25) is 5.88 Å². The van der Waals surface area contributed by atoms with Gasteiger partial charge in [0.05, 0.1) is 0 Å². The van der Waals surface area contributed by atoms with Crippen molar-refractivity contribution in [1.82, 2.24) is 4.98 Å². The van der Waals surface area contributed by atoms with Gasteiger partial charge < -0.3 is 4.74 Å². The molecule has 1 aromatic carbocycles. The predicted octanol–water partition coefficient (Wildman–Crippen LogP) is 4.87. The fourth-order valence-electron chi connectivity index (χ4n) is 1.84. The summed E-state index contributed by atoms with van der Waals surface area (Å²) >= 11 is 0. The quantitative estimate of drug-likeness (QED) is 0.777. The summed E-state index contributed by atoms with van der Waals surface area (Å²) in [7, 11) is 0. The van der Waals surface area contributed by atoms with Gasteiger partial charge in [-0.3, -0.25) is 0 Å². The van der Waals surface area contributed by atoms with Crippen molar-refractivity contribution in [3.8, 4) is 11.6 Å². The molecule has 0 aliphatic heterocycles. The van der Waals surface area contributed by atoms with Crippen LogP contribution in [0.5, 0.6) is 11.6 Å². The second kappa shape index (κ2) is 5.43. The number of benzene rings is 1. The van der Waals surface area contributed by atoms with E-state index >= 15 is 0 Å². The van der Waals surface area contributed by atoms with E-state index in [-0.39, 0.29) is 5.41 Å². The van der Waals surface area contributed by atoms with Crippen LogP contribution in [-0.4, -0.2) is 4.98 Å². The Morgan fingerprint density at radius 1 is 1.16 bits per heavy atom. The molecule has 100 valence electrons. The molecule has 0 bridgehead atoms. The van der Waals surface area contributed by atoms with Crippen LogP contribution in [0, 0.1) is 6.92 Å². The van der Waals surface area contributed by atoms with E-state index in [4.69, 9.17) is 4.74 Å². The first-order chi connectivity index (χ1) is 9.03. The Bertz CT molecular complexity index is 546. The summed E-state index contributed by atoms with van der Waals surface area (Å²) < 4.78 is 5.80. The van der Waals surface area contributed by atoms with Crippen LogP contribution < -0.4 is 4.74 Å². The van der Waals surface area contributed by atoms with Gasteiger partial charge in [0, 0.05) is 11.8 Å². The van der Waals surface area contributed by atoms with Gasteiger partial charge in [0.15, 0.2) is 0 Å². The number of hydrogen-bond acceptors (Lipinski definition) is 2. The molecule has 0 saturated heterocycles. The van der Waals surface area contributed by atoms with E-state index in [1.54, 1.807) is 0 Å². The highest BCUT2D eigenvalue weighted by atomic mass is 16.5. The highest BCUT2D eigenvalue weighted by Gasteiger charge is 2.19. The molecule has 0 N–H and O–H groups in total. The molecule has 2 aromatic rings. The Kier molecular flexibility index (Phi) is 3.89. The molecule has 2 rings (SSSR count). The monoisotopic (exact) mass is 255 g/mol. The molecular formula is C17H21NO. The smallest absolute Gasteiger partial charge is 0.222 e. The summed E-state index contributed by atoms with van der Waals surface area (Å²) in [5.41, 5.74) is 2.49. The Hall–Kier alpha value is -1.83. The molecule has 19 heavy (non-hydrogen) atoms. The van der Waals surface area contributed by atoms with Crippen molar-refractivity contribution in [2.75, 3.05) is 0 Å². The average Bonchev–Trinajstić information content (AvgIpc) is 2.42. The Morgan fingerprint density at radius 2 is 1.84 bits per heavy atom. The summed E-state index contributed by atoms with van der Waals surface area (Å²) in [4.78, 5) is 4.47. The molecule has 0 fully saturated rings. The van der Waals surface area contributed by atoms with Crippen molar-refractivity contribution in [1.29, 1.82) is 0 Å². The van der Waals surface area contributed by atoms with E-state index in [9.17, 15) is 0 Å². The SMILES string of the molecule is CCC(C)(C)c1cnc(Oc2ccccc2)c(C)c1. The van der Waals surface area contributed by atoms with E-state index in [1.807, 2.05) is 43.5 Å². The molecule has 0 amide bonds. The normalized spacial score (nSPS) is 11.4. The van der Waals surface area contributed by atoms with Crippen LogP contribution in [0.4, 0.5) is 0 Å². The third kappa shape index (κ3) is 3.14. The molecule has 2 heteroatoms. The van der Waals surface area contributed by atoms with Crippen LogP contribution in [0.15, 0.2) is 42.6 Å². The number of aryl methyl sites for hydroxylation is 1. The molecule has 0 saturated carbocycles. The van der Waals surface area contributed by atoms with Crippen LogP contribution >= 0.6 is 0 Å². The van der Waals surface area contributed by atoms with Crippen molar-refractivity contribution in [2.24, 2.45) is 0 Å². The van der Waals surface area contributed by atoms with Crippen molar-refractivity contribution >= 4 is 0 Å². The van der Waals surface area contributed by atoms with Gasteiger partial charge in [0.25, 0.3) is 0 Å². The van der Waals surface area contributed by atoms with Gasteiger partial charge in [-0.2, -0.15) is 0 Å². The zero-order valence-corrected chi connectivity index (χ0v) is 12.1. The minimum absolute atomic E-state index is 0.156. The molecule has 0 aliphatic carbocycles. The molecule has 0 radical (unpaired) electrons. The Morgan fingerprint density at radius 3 is 2.42 bits per heavy atom. The average molecular weight is 255 g/mol. The summed E-state index contributed by atoms with van der Waals surface area (Å²) in [6, 6.07) is 11.9. The van der Waals surface area contributed by atoms with Crippen molar-refractivity contribution < 1.29 is 4.74 Å². The maximum Gasteiger partial charge on any atom is 0.222 e. The molecule has 0 atom stereocenters. The fourth-order valence-corrected chi connectivity index (χ4v) is 1.84. The second-order valence-electron chi connectivity index (χ2n) is 5.50. The van der Waals surface area contributed by atoms with Gasteiger partial charge in [-0.05, 0) is 42.5 Å². The fraction of sp³-hybridized carbons (Fsp3) is 0.353. The predicted molar refractivity (Wildman–Crippen MR) is 78.8 cm³/mol. The summed E-state index contributed by atoms with van der Waals surface area (Å²) in [6.07, 6.45) is 3.02. The van der Waals surface area contributed by atoms with Gasteiger partial charge in [-0.25, -0.2) is 4.98 Å². The van der Waals surface area contributed by atoms with Crippen molar-refractivity contribution in [3.63, 3.8) is 0 Å². The number of pyridine rings is 1. The number of para-hydroxylation sites is 1. The Balaban J connectivity index is 2.25.